The molecule has 5 aromatic rings. The fourth-order valence-corrected chi connectivity index (χ4v) is 4.87. The van der Waals surface area contributed by atoms with Gasteiger partial charge in [-0.1, -0.05) is 121 Å². The number of nitrogens with zero attached hydrogens (tertiary/aromatic N) is 2. The largest absolute Gasteiger partial charge is 0.251 e. The summed E-state index contributed by atoms with van der Waals surface area (Å²) in [6.45, 7) is 2.10. The zero-order valence-corrected chi connectivity index (χ0v) is 19.4. The van der Waals surface area contributed by atoms with E-state index < -0.39 is 5.54 Å². The van der Waals surface area contributed by atoms with Gasteiger partial charge in [-0.15, -0.1) is 0 Å². The molecule has 5 rings (SSSR count). The molecule has 0 unspecified atom stereocenters. The molecule has 0 aliphatic carbocycles. The summed E-state index contributed by atoms with van der Waals surface area (Å²) < 4.78 is 3.07. The Hall–Kier alpha value is -3.43. The highest BCUT2D eigenvalue weighted by Gasteiger charge is 2.39. The lowest BCUT2D eigenvalue weighted by molar-refractivity contribution is 0.461. The Morgan fingerprint density at radius 3 is 1.50 bits per heavy atom. The van der Waals surface area contributed by atoms with Crippen molar-refractivity contribution in [1.82, 2.24) is 9.78 Å². The van der Waals surface area contributed by atoms with E-state index in [4.69, 9.17) is 5.10 Å². The van der Waals surface area contributed by atoms with Crippen molar-refractivity contribution in [2.75, 3.05) is 0 Å². The molecule has 4 aromatic carbocycles. The highest BCUT2D eigenvalue weighted by Crippen LogP contribution is 2.42. The van der Waals surface area contributed by atoms with Crippen LogP contribution in [-0.4, -0.2) is 9.78 Å². The van der Waals surface area contributed by atoms with Crippen molar-refractivity contribution in [3.05, 3.63) is 148 Å². The third-order valence-electron chi connectivity index (χ3n) is 5.91. The van der Waals surface area contributed by atoms with Crippen LogP contribution < -0.4 is 0 Å². The molecule has 32 heavy (non-hydrogen) atoms. The van der Waals surface area contributed by atoms with E-state index in [9.17, 15) is 0 Å². The van der Waals surface area contributed by atoms with Crippen molar-refractivity contribution < 1.29 is 0 Å². The van der Waals surface area contributed by atoms with Gasteiger partial charge in [0.15, 0.2) is 0 Å². The number of rotatable bonds is 5. The molecule has 0 aliphatic heterocycles. The van der Waals surface area contributed by atoms with E-state index in [1.54, 1.807) is 0 Å². The highest BCUT2D eigenvalue weighted by molar-refractivity contribution is 9.10. The number of hydrogen-bond acceptors (Lipinski definition) is 1. The Morgan fingerprint density at radius 1 is 0.625 bits per heavy atom. The Balaban J connectivity index is 1.84. The SMILES string of the molecule is Cc1ccc(-c2nn(C(c3ccccc3)(c3ccccc3)c3ccccc3)cc2Br)cc1. The maximum atomic E-state index is 5.18. The maximum Gasteiger partial charge on any atom is 0.138 e. The Labute approximate surface area is 197 Å². The number of benzene rings is 4. The van der Waals surface area contributed by atoms with E-state index in [0.717, 1.165) is 32.4 Å². The predicted octanol–water partition coefficient (Wildman–Crippen LogP) is 7.46. The van der Waals surface area contributed by atoms with Crippen molar-refractivity contribution in [3.8, 4) is 11.3 Å². The van der Waals surface area contributed by atoms with Crippen LogP contribution in [0.3, 0.4) is 0 Å². The average molecular weight is 479 g/mol. The summed E-state index contributed by atoms with van der Waals surface area (Å²) in [5.74, 6) is 0. The van der Waals surface area contributed by atoms with E-state index in [-0.39, 0.29) is 0 Å². The van der Waals surface area contributed by atoms with Gasteiger partial charge >= 0.3 is 0 Å². The number of aryl methyl sites for hydroxylation is 1. The molecule has 0 fully saturated rings. The number of aromatic nitrogens is 2. The van der Waals surface area contributed by atoms with Crippen LogP contribution in [-0.2, 0) is 5.54 Å². The van der Waals surface area contributed by atoms with Crippen LogP contribution in [0, 0.1) is 6.92 Å². The summed E-state index contributed by atoms with van der Waals surface area (Å²) in [4.78, 5) is 0. The van der Waals surface area contributed by atoms with Crippen LogP contribution in [0.4, 0.5) is 0 Å². The fourth-order valence-electron chi connectivity index (χ4n) is 4.37. The second kappa shape index (κ2) is 8.60. The minimum atomic E-state index is -0.616. The first-order chi connectivity index (χ1) is 15.7. The molecule has 156 valence electrons. The van der Waals surface area contributed by atoms with Crippen LogP contribution in [0.25, 0.3) is 11.3 Å². The lowest BCUT2D eigenvalue weighted by Crippen LogP contribution is -2.38. The third kappa shape index (κ3) is 3.49. The second-order valence-corrected chi connectivity index (χ2v) is 8.80. The monoisotopic (exact) mass is 478 g/mol. The molecule has 1 aromatic heterocycles. The summed E-state index contributed by atoms with van der Waals surface area (Å²) in [6, 6.07) is 40.3. The molecule has 0 amide bonds. The first kappa shape index (κ1) is 20.5. The van der Waals surface area contributed by atoms with Gasteiger partial charge in [0.25, 0.3) is 0 Å². The van der Waals surface area contributed by atoms with Gasteiger partial charge in [-0.2, -0.15) is 5.10 Å². The van der Waals surface area contributed by atoms with Gasteiger partial charge in [0.2, 0.25) is 0 Å². The molecule has 0 saturated heterocycles. The van der Waals surface area contributed by atoms with Gasteiger partial charge in [0.05, 0.1) is 4.47 Å². The minimum Gasteiger partial charge on any atom is -0.251 e. The lowest BCUT2D eigenvalue weighted by Gasteiger charge is -2.36. The zero-order chi connectivity index (χ0) is 22.0. The molecule has 0 aliphatic rings. The Bertz CT molecular complexity index is 1210. The van der Waals surface area contributed by atoms with Crippen molar-refractivity contribution in [2.45, 2.75) is 12.5 Å². The summed E-state index contributed by atoms with van der Waals surface area (Å²) in [7, 11) is 0. The standard InChI is InChI=1S/C29H23BrN2/c1-22-17-19-23(20-18-22)28-27(30)21-32(31-28)29(24-11-5-2-6-12-24,25-13-7-3-8-14-25)26-15-9-4-10-16-26/h2-21H,1H3. The fraction of sp³-hybridized carbons (Fsp3) is 0.0690. The molecule has 0 saturated carbocycles. The van der Waals surface area contributed by atoms with Gasteiger partial charge in [-0.25, -0.2) is 0 Å². The normalized spacial score (nSPS) is 11.4. The average Bonchev–Trinajstić information content (AvgIpc) is 3.24. The van der Waals surface area contributed by atoms with E-state index in [1.165, 1.54) is 5.56 Å². The van der Waals surface area contributed by atoms with Crippen molar-refractivity contribution in [2.24, 2.45) is 0 Å². The first-order valence-electron chi connectivity index (χ1n) is 10.7. The first-order valence-corrected chi connectivity index (χ1v) is 11.5. The predicted molar refractivity (Wildman–Crippen MR) is 135 cm³/mol. The molecule has 0 atom stereocenters. The Morgan fingerprint density at radius 2 is 1.06 bits per heavy atom. The van der Waals surface area contributed by atoms with Crippen molar-refractivity contribution in [1.29, 1.82) is 0 Å². The highest BCUT2D eigenvalue weighted by atomic mass is 79.9. The summed E-state index contributed by atoms with van der Waals surface area (Å²) in [5.41, 5.74) is 6.10. The van der Waals surface area contributed by atoms with Gasteiger partial charge in [-0.05, 0) is 39.5 Å². The second-order valence-electron chi connectivity index (χ2n) is 7.94. The van der Waals surface area contributed by atoms with Crippen molar-refractivity contribution >= 4 is 15.9 Å². The van der Waals surface area contributed by atoms with E-state index >= 15 is 0 Å². The lowest BCUT2D eigenvalue weighted by atomic mass is 9.77. The summed E-state index contributed by atoms with van der Waals surface area (Å²) in [5, 5.41) is 5.18. The van der Waals surface area contributed by atoms with Gasteiger partial charge in [-0.3, -0.25) is 4.68 Å². The van der Waals surface area contributed by atoms with Crippen LogP contribution >= 0.6 is 15.9 Å². The van der Waals surface area contributed by atoms with Crippen LogP contribution in [0.1, 0.15) is 22.3 Å². The van der Waals surface area contributed by atoms with Gasteiger partial charge < -0.3 is 0 Å². The van der Waals surface area contributed by atoms with Crippen LogP contribution in [0.5, 0.6) is 0 Å². The Kier molecular flexibility index (Phi) is 5.50. The van der Waals surface area contributed by atoms with E-state index in [0.29, 0.717) is 0 Å². The molecule has 0 spiro atoms. The van der Waals surface area contributed by atoms with E-state index in [2.05, 4.69) is 149 Å². The van der Waals surface area contributed by atoms with Gasteiger partial charge in [0, 0.05) is 11.8 Å². The maximum absolute atomic E-state index is 5.18. The number of hydrogen-bond donors (Lipinski definition) is 0. The molecule has 2 nitrogen and oxygen atoms in total. The third-order valence-corrected chi connectivity index (χ3v) is 6.49. The molecule has 0 radical (unpaired) electrons. The topological polar surface area (TPSA) is 17.8 Å². The van der Waals surface area contributed by atoms with Crippen LogP contribution in [0.2, 0.25) is 0 Å². The van der Waals surface area contributed by atoms with Crippen LogP contribution in [0.15, 0.2) is 126 Å². The molecular weight excluding hydrogens is 456 g/mol. The number of halogens is 1. The summed E-state index contributed by atoms with van der Waals surface area (Å²) in [6.07, 6.45) is 2.10. The summed E-state index contributed by atoms with van der Waals surface area (Å²) >= 11 is 3.80. The molecule has 0 N–H and O–H groups in total. The smallest absolute Gasteiger partial charge is 0.138 e. The molecule has 3 heteroatoms. The molecular formula is C29H23BrN2. The van der Waals surface area contributed by atoms with Crippen molar-refractivity contribution in [3.63, 3.8) is 0 Å². The molecule has 0 bridgehead atoms. The quantitative estimate of drug-likeness (QED) is 0.239. The minimum absolute atomic E-state index is 0.616. The molecule has 1 heterocycles. The van der Waals surface area contributed by atoms with E-state index in [1.807, 2.05) is 0 Å². The van der Waals surface area contributed by atoms with Gasteiger partial charge in [0.1, 0.15) is 11.2 Å². The zero-order valence-electron chi connectivity index (χ0n) is 17.8.